The molecule has 0 aliphatic carbocycles. The Hall–Kier alpha value is -0.870. The molecule has 0 saturated carbocycles. The minimum atomic E-state index is -3.07. The second-order valence-electron chi connectivity index (χ2n) is 5.65. The minimum absolute atomic E-state index is 0.403. The molecule has 1 aromatic carbocycles. The van der Waals surface area contributed by atoms with Crippen molar-refractivity contribution in [3.63, 3.8) is 0 Å². The maximum atomic E-state index is 11.4. The van der Waals surface area contributed by atoms with Crippen LogP contribution in [-0.4, -0.2) is 26.8 Å². The van der Waals surface area contributed by atoms with Crippen LogP contribution in [0.3, 0.4) is 0 Å². The average molecular weight is 281 g/mol. The maximum Gasteiger partial charge on any atom is 0.175 e. The molecule has 1 aromatic rings. The van der Waals surface area contributed by atoms with Crippen molar-refractivity contribution in [2.45, 2.75) is 56.0 Å². The van der Waals surface area contributed by atoms with Crippen LogP contribution < -0.4 is 5.32 Å². The van der Waals surface area contributed by atoms with E-state index in [0.29, 0.717) is 17.0 Å². The van der Waals surface area contributed by atoms with Crippen LogP contribution in [0.5, 0.6) is 0 Å². The van der Waals surface area contributed by atoms with Crippen molar-refractivity contribution in [1.29, 1.82) is 0 Å². The van der Waals surface area contributed by atoms with E-state index < -0.39 is 9.84 Å². The van der Waals surface area contributed by atoms with E-state index in [1.54, 1.807) is 12.1 Å². The molecule has 2 atom stereocenters. The predicted octanol–water partition coefficient (Wildman–Crippen LogP) is 2.55. The van der Waals surface area contributed by atoms with Gasteiger partial charge in [0.1, 0.15) is 0 Å². The van der Waals surface area contributed by atoms with E-state index in [9.17, 15) is 8.42 Å². The van der Waals surface area contributed by atoms with Crippen molar-refractivity contribution >= 4 is 9.84 Å². The largest absolute Gasteiger partial charge is 0.311 e. The fourth-order valence-corrected chi connectivity index (χ4v) is 3.34. The van der Waals surface area contributed by atoms with Gasteiger partial charge in [-0.25, -0.2) is 8.42 Å². The molecule has 3 nitrogen and oxygen atoms in total. The molecular weight excluding hydrogens is 258 g/mol. The van der Waals surface area contributed by atoms with E-state index in [2.05, 4.69) is 12.2 Å². The second kappa shape index (κ2) is 6.06. The van der Waals surface area contributed by atoms with E-state index >= 15 is 0 Å². The molecule has 1 saturated heterocycles. The fourth-order valence-electron chi connectivity index (χ4n) is 2.71. The Labute approximate surface area is 116 Å². The molecule has 0 amide bonds. The highest BCUT2D eigenvalue weighted by atomic mass is 32.2. The lowest BCUT2D eigenvalue weighted by Gasteiger charge is -2.28. The van der Waals surface area contributed by atoms with Gasteiger partial charge in [0, 0.05) is 18.3 Å². The molecule has 2 rings (SSSR count). The molecule has 1 fully saturated rings. The summed E-state index contributed by atoms with van der Waals surface area (Å²) in [6.45, 7) is 2.24. The highest BCUT2D eigenvalue weighted by molar-refractivity contribution is 7.90. The third-order valence-electron chi connectivity index (χ3n) is 3.84. The molecule has 0 bridgehead atoms. The van der Waals surface area contributed by atoms with Crippen LogP contribution >= 0.6 is 0 Å². The lowest BCUT2D eigenvalue weighted by Crippen LogP contribution is -2.40. The van der Waals surface area contributed by atoms with Gasteiger partial charge < -0.3 is 5.32 Å². The summed E-state index contributed by atoms with van der Waals surface area (Å²) >= 11 is 0. The standard InChI is InChI=1S/C15H23NO2S/c1-12-4-3-5-14(16-12)9-6-13-7-10-15(11-8-13)19(2,17)18/h7-8,10-12,14,16H,3-6,9H2,1-2H3. The maximum absolute atomic E-state index is 11.4. The van der Waals surface area contributed by atoms with Crippen LogP contribution in [-0.2, 0) is 16.3 Å². The molecule has 1 aliphatic rings. The molecule has 0 aromatic heterocycles. The summed E-state index contributed by atoms with van der Waals surface area (Å²) in [5.41, 5.74) is 1.22. The van der Waals surface area contributed by atoms with Gasteiger partial charge in [0.25, 0.3) is 0 Å². The summed E-state index contributed by atoms with van der Waals surface area (Å²) in [4.78, 5) is 0.403. The van der Waals surface area contributed by atoms with E-state index in [-0.39, 0.29) is 0 Å². The van der Waals surface area contributed by atoms with Crippen molar-refractivity contribution < 1.29 is 8.42 Å². The molecule has 1 heterocycles. The van der Waals surface area contributed by atoms with Crippen molar-refractivity contribution in [2.24, 2.45) is 0 Å². The molecule has 4 heteroatoms. The number of hydrogen-bond acceptors (Lipinski definition) is 3. The first-order valence-corrected chi connectivity index (χ1v) is 8.89. The zero-order valence-corrected chi connectivity index (χ0v) is 12.5. The normalized spacial score (nSPS) is 24.3. The number of rotatable bonds is 4. The van der Waals surface area contributed by atoms with E-state index in [0.717, 1.165) is 12.8 Å². The number of hydrogen-bond donors (Lipinski definition) is 1. The summed E-state index contributed by atoms with van der Waals surface area (Å²) in [5.74, 6) is 0. The van der Waals surface area contributed by atoms with Crippen molar-refractivity contribution in [1.82, 2.24) is 5.32 Å². The molecule has 1 aliphatic heterocycles. The molecule has 1 N–H and O–H groups in total. The Bertz CT molecular complexity index is 507. The summed E-state index contributed by atoms with van der Waals surface area (Å²) in [6.07, 6.45) is 7.23. The van der Waals surface area contributed by atoms with E-state index in [1.807, 2.05) is 12.1 Å². The first kappa shape index (κ1) is 14.5. The fraction of sp³-hybridized carbons (Fsp3) is 0.600. The Kier molecular flexibility index (Phi) is 4.63. The number of sulfone groups is 1. The Morgan fingerprint density at radius 2 is 1.89 bits per heavy atom. The lowest BCUT2D eigenvalue weighted by molar-refractivity contribution is 0.322. The van der Waals surface area contributed by atoms with Gasteiger partial charge in [0.15, 0.2) is 9.84 Å². The smallest absolute Gasteiger partial charge is 0.175 e. The van der Waals surface area contributed by atoms with Gasteiger partial charge in [0.2, 0.25) is 0 Å². The average Bonchev–Trinajstić information content (AvgIpc) is 2.36. The van der Waals surface area contributed by atoms with Gasteiger partial charge in [-0.2, -0.15) is 0 Å². The molecule has 19 heavy (non-hydrogen) atoms. The highest BCUT2D eigenvalue weighted by Gasteiger charge is 2.17. The quantitative estimate of drug-likeness (QED) is 0.922. The SMILES string of the molecule is CC1CCCC(CCc2ccc(S(C)(=O)=O)cc2)N1. The van der Waals surface area contributed by atoms with Gasteiger partial charge >= 0.3 is 0 Å². The monoisotopic (exact) mass is 281 g/mol. The molecule has 0 radical (unpaired) electrons. The Morgan fingerprint density at radius 3 is 2.47 bits per heavy atom. The predicted molar refractivity (Wildman–Crippen MR) is 78.1 cm³/mol. The summed E-state index contributed by atoms with van der Waals surface area (Å²) < 4.78 is 22.8. The molecular formula is C15H23NO2S. The summed E-state index contributed by atoms with van der Waals surface area (Å²) in [5, 5.41) is 3.63. The highest BCUT2D eigenvalue weighted by Crippen LogP contribution is 2.17. The summed E-state index contributed by atoms with van der Waals surface area (Å²) in [6, 6.07) is 8.53. The van der Waals surface area contributed by atoms with Crippen LogP contribution in [0.4, 0.5) is 0 Å². The van der Waals surface area contributed by atoms with Crippen molar-refractivity contribution in [3.8, 4) is 0 Å². The van der Waals surface area contributed by atoms with Crippen LogP contribution in [0.1, 0.15) is 38.2 Å². The zero-order chi connectivity index (χ0) is 13.9. The lowest BCUT2D eigenvalue weighted by atomic mass is 9.95. The van der Waals surface area contributed by atoms with E-state index in [1.165, 1.54) is 31.1 Å². The number of benzene rings is 1. The molecule has 2 unspecified atom stereocenters. The van der Waals surface area contributed by atoms with Crippen molar-refractivity contribution in [2.75, 3.05) is 6.26 Å². The van der Waals surface area contributed by atoms with Crippen molar-refractivity contribution in [3.05, 3.63) is 29.8 Å². The molecule has 0 spiro atoms. The minimum Gasteiger partial charge on any atom is -0.311 e. The van der Waals surface area contributed by atoms with Gasteiger partial charge in [-0.3, -0.25) is 0 Å². The Morgan fingerprint density at radius 1 is 1.21 bits per heavy atom. The van der Waals surface area contributed by atoms with E-state index in [4.69, 9.17) is 0 Å². The van der Waals surface area contributed by atoms with Gasteiger partial charge in [-0.05, 0) is 50.3 Å². The number of piperidine rings is 1. The number of nitrogens with one attached hydrogen (secondary N) is 1. The third-order valence-corrected chi connectivity index (χ3v) is 4.97. The van der Waals surface area contributed by atoms with Crippen LogP contribution in [0.2, 0.25) is 0 Å². The molecule has 106 valence electrons. The van der Waals surface area contributed by atoms with Gasteiger partial charge in [-0.1, -0.05) is 18.6 Å². The topological polar surface area (TPSA) is 46.2 Å². The van der Waals surface area contributed by atoms with Crippen LogP contribution in [0.15, 0.2) is 29.2 Å². The zero-order valence-electron chi connectivity index (χ0n) is 11.7. The number of aryl methyl sites for hydroxylation is 1. The Balaban J connectivity index is 1.89. The second-order valence-corrected chi connectivity index (χ2v) is 7.67. The van der Waals surface area contributed by atoms with Crippen LogP contribution in [0, 0.1) is 0 Å². The van der Waals surface area contributed by atoms with Gasteiger partial charge in [0.05, 0.1) is 4.90 Å². The first-order chi connectivity index (χ1) is 8.95. The first-order valence-electron chi connectivity index (χ1n) is 7.00. The van der Waals surface area contributed by atoms with Gasteiger partial charge in [-0.15, -0.1) is 0 Å². The summed E-state index contributed by atoms with van der Waals surface area (Å²) in [7, 11) is -3.07. The van der Waals surface area contributed by atoms with Crippen LogP contribution in [0.25, 0.3) is 0 Å². The third kappa shape index (κ3) is 4.32.